The van der Waals surface area contributed by atoms with E-state index >= 15 is 0 Å². The fraction of sp³-hybridized carbons (Fsp3) is 0. The van der Waals surface area contributed by atoms with Crippen molar-refractivity contribution in [1.29, 1.82) is 0 Å². The zero-order valence-corrected chi connectivity index (χ0v) is 24.1. The summed E-state index contributed by atoms with van der Waals surface area (Å²) in [7, 11) is -2.67. The monoisotopic (exact) mass is 584 g/mol. The van der Waals surface area contributed by atoms with Crippen LogP contribution in [-0.4, -0.2) is 5.91 Å². The molecule has 192 valence electrons. The van der Waals surface area contributed by atoms with Crippen LogP contribution in [-0.2, 0) is 0 Å². The lowest BCUT2D eigenvalue weighted by Crippen LogP contribution is -2.38. The summed E-state index contributed by atoms with van der Waals surface area (Å²) in [5, 5.41) is 7.21. The lowest BCUT2D eigenvalue weighted by Gasteiger charge is -2.30. The summed E-state index contributed by atoms with van der Waals surface area (Å²) in [5.41, 5.74) is 1.24. The summed E-state index contributed by atoms with van der Waals surface area (Å²) in [6.07, 6.45) is 0. The molecule has 0 fully saturated rings. The standard InChI is InChI=1S/C33H24Cl2NOPS/c34-26-21-23-30(24-22-26)39-31(35)33(36-32(37)25-13-5-1-6-14-25)38(27-15-7-2-8-16-27,28-17-9-3-10-18-28)29-19-11-4-12-20-29/h1-24H/p+1/b33-31-. The SMILES string of the molecule is O=C(N/C(=C(\Cl)Sc1ccc(Cl)cc1)[P+](c1ccccc1)(c1ccccc1)c1ccccc1)c1ccccc1. The smallest absolute Gasteiger partial charge is 0.258 e. The highest BCUT2D eigenvalue weighted by Crippen LogP contribution is 2.64. The molecule has 39 heavy (non-hydrogen) atoms. The van der Waals surface area contributed by atoms with Crippen molar-refractivity contribution in [3.63, 3.8) is 0 Å². The number of rotatable bonds is 8. The van der Waals surface area contributed by atoms with Gasteiger partial charge >= 0.3 is 0 Å². The van der Waals surface area contributed by atoms with E-state index < -0.39 is 7.26 Å². The van der Waals surface area contributed by atoms with Gasteiger partial charge in [0, 0.05) is 15.5 Å². The second kappa shape index (κ2) is 12.7. The van der Waals surface area contributed by atoms with Crippen LogP contribution in [0.4, 0.5) is 0 Å². The minimum absolute atomic E-state index is 0.215. The summed E-state index contributed by atoms with van der Waals surface area (Å²) < 4.78 is 0.492. The van der Waals surface area contributed by atoms with Crippen molar-refractivity contribution in [2.24, 2.45) is 0 Å². The van der Waals surface area contributed by atoms with Crippen LogP contribution < -0.4 is 21.2 Å². The van der Waals surface area contributed by atoms with Crippen LogP contribution in [0.3, 0.4) is 0 Å². The maximum atomic E-state index is 13.8. The number of hydrogen-bond donors (Lipinski definition) is 1. The minimum atomic E-state index is -2.67. The summed E-state index contributed by atoms with van der Waals surface area (Å²) in [6, 6.07) is 47.7. The summed E-state index contributed by atoms with van der Waals surface area (Å²) in [5.74, 6) is -0.215. The van der Waals surface area contributed by atoms with Crippen LogP contribution >= 0.6 is 42.2 Å². The van der Waals surface area contributed by atoms with Crippen molar-refractivity contribution >= 4 is 64.0 Å². The molecule has 5 aromatic carbocycles. The number of thioether (sulfide) groups is 1. The van der Waals surface area contributed by atoms with Crippen LogP contribution in [0, 0.1) is 0 Å². The molecule has 1 amide bonds. The van der Waals surface area contributed by atoms with Crippen LogP contribution in [0.5, 0.6) is 0 Å². The van der Waals surface area contributed by atoms with Crippen molar-refractivity contribution in [2.45, 2.75) is 4.90 Å². The highest BCUT2D eigenvalue weighted by atomic mass is 35.5. The van der Waals surface area contributed by atoms with Crippen LogP contribution in [0.25, 0.3) is 0 Å². The first kappa shape index (κ1) is 27.2. The molecule has 5 rings (SSSR count). The van der Waals surface area contributed by atoms with Gasteiger partial charge in [-0.2, -0.15) is 0 Å². The van der Waals surface area contributed by atoms with E-state index in [4.69, 9.17) is 23.2 Å². The van der Waals surface area contributed by atoms with Crippen LogP contribution in [0.1, 0.15) is 10.4 Å². The van der Waals surface area contributed by atoms with E-state index in [1.54, 1.807) is 12.1 Å². The molecule has 0 saturated carbocycles. The number of carbonyl (C=O) groups excluding carboxylic acids is 1. The number of hydrogen-bond acceptors (Lipinski definition) is 2. The molecule has 2 nitrogen and oxygen atoms in total. The Morgan fingerprint density at radius 1 is 0.590 bits per heavy atom. The van der Waals surface area contributed by atoms with E-state index in [0.717, 1.165) is 20.8 Å². The molecular formula is C33H25Cl2NOPS+. The van der Waals surface area contributed by atoms with E-state index in [0.29, 0.717) is 20.4 Å². The fourth-order valence-corrected chi connectivity index (χ4v) is 10.5. The Morgan fingerprint density at radius 2 is 1.00 bits per heavy atom. The van der Waals surface area contributed by atoms with E-state index in [1.807, 2.05) is 97.1 Å². The van der Waals surface area contributed by atoms with Crippen molar-refractivity contribution < 1.29 is 4.79 Å². The predicted molar refractivity (Wildman–Crippen MR) is 169 cm³/mol. The average molecular weight is 586 g/mol. The van der Waals surface area contributed by atoms with Gasteiger partial charge in [-0.1, -0.05) is 108 Å². The number of nitrogens with one attached hydrogen (secondary N) is 1. The van der Waals surface area contributed by atoms with Gasteiger partial charge in [-0.15, -0.1) is 0 Å². The van der Waals surface area contributed by atoms with Gasteiger partial charge in [-0.05, 0) is 72.8 Å². The van der Waals surface area contributed by atoms with Gasteiger partial charge in [0.15, 0.2) is 7.26 Å². The molecule has 0 saturated heterocycles. The normalized spacial score (nSPS) is 11.9. The number of benzene rings is 5. The van der Waals surface area contributed by atoms with Gasteiger partial charge < -0.3 is 0 Å². The molecule has 1 N–H and O–H groups in total. The Balaban J connectivity index is 1.81. The molecule has 0 heterocycles. The van der Waals surface area contributed by atoms with Crippen molar-refractivity contribution in [3.05, 3.63) is 166 Å². The number of halogens is 2. The Hall–Kier alpha value is -3.33. The lowest BCUT2D eigenvalue weighted by molar-refractivity contribution is 0.0968. The summed E-state index contributed by atoms with van der Waals surface area (Å²) in [6.45, 7) is 0. The Kier molecular flexibility index (Phi) is 8.86. The zero-order valence-electron chi connectivity index (χ0n) is 20.9. The second-order valence-electron chi connectivity index (χ2n) is 8.68. The topological polar surface area (TPSA) is 29.1 Å². The Bertz CT molecular complexity index is 1470. The third kappa shape index (κ3) is 5.98. The highest BCUT2D eigenvalue weighted by molar-refractivity contribution is 8.06. The van der Waals surface area contributed by atoms with Crippen molar-refractivity contribution in [3.8, 4) is 0 Å². The maximum Gasteiger partial charge on any atom is 0.258 e. The number of amides is 1. The van der Waals surface area contributed by atoms with Gasteiger partial charge in [0.1, 0.15) is 20.3 Å². The van der Waals surface area contributed by atoms with Gasteiger partial charge in [-0.25, -0.2) is 0 Å². The van der Waals surface area contributed by atoms with Crippen LogP contribution in [0.2, 0.25) is 5.02 Å². The maximum absolute atomic E-state index is 13.8. The predicted octanol–water partition coefficient (Wildman–Crippen LogP) is 8.22. The average Bonchev–Trinajstić information content (AvgIpc) is 3.00. The first-order chi connectivity index (χ1) is 19.1. The summed E-state index contributed by atoms with van der Waals surface area (Å²) in [4.78, 5) is 14.7. The molecule has 0 radical (unpaired) electrons. The molecule has 0 aromatic heterocycles. The van der Waals surface area contributed by atoms with E-state index in [-0.39, 0.29) is 5.91 Å². The zero-order chi connectivity index (χ0) is 27.1. The van der Waals surface area contributed by atoms with Gasteiger partial charge in [0.2, 0.25) is 5.44 Å². The third-order valence-corrected chi connectivity index (χ3v) is 12.3. The lowest BCUT2D eigenvalue weighted by atomic mass is 10.2. The van der Waals surface area contributed by atoms with E-state index in [9.17, 15) is 4.79 Å². The first-order valence-corrected chi connectivity index (χ1v) is 15.7. The molecule has 0 bridgehead atoms. The van der Waals surface area contributed by atoms with Gasteiger partial charge in [-0.3, -0.25) is 10.1 Å². The quantitative estimate of drug-likeness (QED) is 0.147. The third-order valence-electron chi connectivity index (χ3n) is 6.24. The molecule has 0 aliphatic rings. The first-order valence-electron chi connectivity index (χ1n) is 12.3. The minimum Gasteiger partial charge on any atom is -0.290 e. The van der Waals surface area contributed by atoms with Crippen molar-refractivity contribution in [2.75, 3.05) is 0 Å². The Labute approximate surface area is 244 Å². The molecular weight excluding hydrogens is 560 g/mol. The van der Waals surface area contributed by atoms with Gasteiger partial charge in [0.25, 0.3) is 5.91 Å². The second-order valence-corrected chi connectivity index (χ2v) is 14.1. The molecule has 0 aliphatic heterocycles. The van der Waals surface area contributed by atoms with Crippen LogP contribution in [0.15, 0.2) is 160 Å². The molecule has 5 aromatic rings. The van der Waals surface area contributed by atoms with Crippen molar-refractivity contribution in [1.82, 2.24) is 5.32 Å². The molecule has 0 atom stereocenters. The molecule has 0 unspecified atom stereocenters. The largest absolute Gasteiger partial charge is 0.290 e. The molecule has 6 heteroatoms. The van der Waals surface area contributed by atoms with E-state index in [2.05, 4.69) is 41.7 Å². The fourth-order valence-electron chi connectivity index (χ4n) is 4.48. The highest BCUT2D eigenvalue weighted by Gasteiger charge is 2.52. The Morgan fingerprint density at radius 3 is 1.44 bits per heavy atom. The summed E-state index contributed by atoms with van der Waals surface area (Å²) >= 11 is 14.9. The molecule has 0 spiro atoms. The molecule has 0 aliphatic carbocycles. The van der Waals surface area contributed by atoms with E-state index in [1.165, 1.54) is 11.8 Å². The number of carbonyl (C=O) groups is 1. The van der Waals surface area contributed by atoms with Gasteiger partial charge in [0.05, 0.1) is 0 Å².